The number of aliphatic hydroxyl groups is 1. The van der Waals surface area contributed by atoms with Crippen molar-refractivity contribution >= 4 is 0 Å². The second-order valence-corrected chi connectivity index (χ2v) is 5.12. The molecular weight excluding hydrogens is 240 g/mol. The van der Waals surface area contributed by atoms with E-state index in [9.17, 15) is 5.11 Å². The summed E-state index contributed by atoms with van der Waals surface area (Å²) in [7, 11) is 0. The van der Waals surface area contributed by atoms with Crippen molar-refractivity contribution in [1.29, 1.82) is 0 Å². The lowest BCUT2D eigenvalue weighted by atomic mass is 9.80. The van der Waals surface area contributed by atoms with Gasteiger partial charge in [-0.3, -0.25) is 0 Å². The standard InChI is InChI=1S/C16H24O3/c1-3-18-15-9-8-13(11-16(15)19-4-2)14(17)10-12-6-5-7-12/h8-9,11-12,14,17H,3-7,10H2,1-2H3. The molecule has 1 atom stereocenters. The number of aliphatic hydroxyl groups excluding tert-OH is 1. The van der Waals surface area contributed by atoms with E-state index < -0.39 is 0 Å². The minimum Gasteiger partial charge on any atom is -0.490 e. The highest BCUT2D eigenvalue weighted by molar-refractivity contribution is 5.43. The molecule has 1 N–H and O–H groups in total. The zero-order valence-electron chi connectivity index (χ0n) is 11.9. The molecule has 0 saturated heterocycles. The minimum atomic E-state index is -0.389. The molecule has 2 rings (SSSR count). The number of ether oxygens (including phenoxy) is 2. The second-order valence-electron chi connectivity index (χ2n) is 5.12. The monoisotopic (exact) mass is 264 g/mol. The largest absolute Gasteiger partial charge is 0.490 e. The van der Waals surface area contributed by atoms with E-state index in [4.69, 9.17) is 9.47 Å². The lowest BCUT2D eigenvalue weighted by Crippen LogP contribution is -2.15. The molecule has 19 heavy (non-hydrogen) atoms. The highest BCUT2D eigenvalue weighted by atomic mass is 16.5. The van der Waals surface area contributed by atoms with Crippen molar-refractivity contribution in [2.24, 2.45) is 5.92 Å². The first-order valence-electron chi connectivity index (χ1n) is 7.32. The summed E-state index contributed by atoms with van der Waals surface area (Å²) in [5, 5.41) is 10.3. The minimum absolute atomic E-state index is 0.389. The molecule has 1 aromatic carbocycles. The first-order chi connectivity index (χ1) is 9.24. The fourth-order valence-electron chi connectivity index (χ4n) is 2.46. The molecule has 1 fully saturated rings. The van der Waals surface area contributed by atoms with Crippen LogP contribution in [0.2, 0.25) is 0 Å². The summed E-state index contributed by atoms with van der Waals surface area (Å²) in [5.41, 5.74) is 0.929. The van der Waals surface area contributed by atoms with Gasteiger partial charge in [-0.1, -0.05) is 25.3 Å². The third-order valence-corrected chi connectivity index (χ3v) is 3.73. The van der Waals surface area contributed by atoms with E-state index in [1.807, 2.05) is 32.0 Å². The molecule has 1 aliphatic carbocycles. The van der Waals surface area contributed by atoms with Crippen LogP contribution in [0.15, 0.2) is 18.2 Å². The fourth-order valence-corrected chi connectivity index (χ4v) is 2.46. The second kappa shape index (κ2) is 6.80. The first-order valence-corrected chi connectivity index (χ1v) is 7.32. The molecule has 0 aliphatic heterocycles. The molecule has 106 valence electrons. The molecule has 3 heteroatoms. The van der Waals surface area contributed by atoms with E-state index in [1.165, 1.54) is 19.3 Å². The van der Waals surface area contributed by atoms with Gasteiger partial charge < -0.3 is 14.6 Å². The molecular formula is C16H24O3. The molecule has 0 amide bonds. The van der Waals surface area contributed by atoms with E-state index in [-0.39, 0.29) is 6.10 Å². The van der Waals surface area contributed by atoms with Crippen LogP contribution in [0.1, 0.15) is 51.2 Å². The van der Waals surface area contributed by atoms with Crippen LogP contribution < -0.4 is 9.47 Å². The number of rotatable bonds is 7. The van der Waals surface area contributed by atoms with Crippen molar-refractivity contribution in [3.05, 3.63) is 23.8 Å². The van der Waals surface area contributed by atoms with Gasteiger partial charge >= 0.3 is 0 Å². The molecule has 0 radical (unpaired) electrons. The van der Waals surface area contributed by atoms with Crippen molar-refractivity contribution in [3.8, 4) is 11.5 Å². The number of benzene rings is 1. The number of hydrogen-bond acceptors (Lipinski definition) is 3. The van der Waals surface area contributed by atoms with Crippen molar-refractivity contribution < 1.29 is 14.6 Å². The Balaban J connectivity index is 2.08. The molecule has 1 aromatic rings. The summed E-state index contributed by atoms with van der Waals surface area (Å²) in [6, 6.07) is 5.75. The summed E-state index contributed by atoms with van der Waals surface area (Å²) in [6.45, 7) is 5.12. The smallest absolute Gasteiger partial charge is 0.161 e. The Hall–Kier alpha value is -1.22. The van der Waals surface area contributed by atoms with Gasteiger partial charge in [0.2, 0.25) is 0 Å². The Morgan fingerprint density at radius 2 is 1.84 bits per heavy atom. The van der Waals surface area contributed by atoms with Crippen LogP contribution in [0.5, 0.6) is 11.5 Å². The van der Waals surface area contributed by atoms with Gasteiger partial charge in [-0.05, 0) is 43.9 Å². The molecule has 0 bridgehead atoms. The zero-order valence-corrected chi connectivity index (χ0v) is 11.9. The van der Waals surface area contributed by atoms with Crippen LogP contribution in [0.4, 0.5) is 0 Å². The quantitative estimate of drug-likeness (QED) is 0.816. The van der Waals surface area contributed by atoms with E-state index in [0.29, 0.717) is 19.1 Å². The third kappa shape index (κ3) is 3.63. The zero-order chi connectivity index (χ0) is 13.7. The average Bonchev–Trinajstić information content (AvgIpc) is 2.36. The molecule has 1 saturated carbocycles. The number of hydrogen-bond donors (Lipinski definition) is 1. The van der Waals surface area contributed by atoms with E-state index in [2.05, 4.69) is 0 Å². The highest BCUT2D eigenvalue weighted by Crippen LogP contribution is 2.37. The first kappa shape index (κ1) is 14.2. The predicted molar refractivity (Wildman–Crippen MR) is 75.7 cm³/mol. The molecule has 0 aromatic heterocycles. The van der Waals surface area contributed by atoms with Gasteiger partial charge in [-0.15, -0.1) is 0 Å². The van der Waals surface area contributed by atoms with Crippen LogP contribution in [-0.2, 0) is 0 Å². The van der Waals surface area contributed by atoms with Crippen LogP contribution in [0, 0.1) is 5.92 Å². The Bertz CT molecular complexity index is 399. The summed E-state index contributed by atoms with van der Waals surface area (Å²) in [6.07, 6.45) is 4.30. The Morgan fingerprint density at radius 3 is 2.42 bits per heavy atom. The molecule has 0 spiro atoms. The summed E-state index contributed by atoms with van der Waals surface area (Å²) in [5.74, 6) is 2.18. The van der Waals surface area contributed by atoms with Gasteiger partial charge in [0, 0.05) is 0 Å². The van der Waals surface area contributed by atoms with Crippen molar-refractivity contribution in [2.45, 2.75) is 45.6 Å². The maximum atomic E-state index is 10.3. The van der Waals surface area contributed by atoms with Crippen LogP contribution in [0.25, 0.3) is 0 Å². The SMILES string of the molecule is CCOc1ccc(C(O)CC2CCC2)cc1OCC. The van der Waals surface area contributed by atoms with Crippen LogP contribution in [-0.4, -0.2) is 18.3 Å². The summed E-state index contributed by atoms with van der Waals surface area (Å²) >= 11 is 0. The predicted octanol–water partition coefficient (Wildman–Crippen LogP) is 3.71. The van der Waals surface area contributed by atoms with E-state index in [0.717, 1.165) is 23.5 Å². The van der Waals surface area contributed by atoms with Gasteiger partial charge in [0.15, 0.2) is 11.5 Å². The summed E-state index contributed by atoms with van der Waals surface area (Å²) in [4.78, 5) is 0. The lowest BCUT2D eigenvalue weighted by Gasteiger charge is -2.27. The Labute approximate surface area is 115 Å². The van der Waals surface area contributed by atoms with Crippen molar-refractivity contribution in [3.63, 3.8) is 0 Å². The van der Waals surface area contributed by atoms with Crippen LogP contribution >= 0.6 is 0 Å². The Kier molecular flexibility index (Phi) is 5.08. The Morgan fingerprint density at radius 1 is 1.16 bits per heavy atom. The third-order valence-electron chi connectivity index (χ3n) is 3.73. The fraction of sp³-hybridized carbons (Fsp3) is 0.625. The lowest BCUT2D eigenvalue weighted by molar-refractivity contribution is 0.118. The highest BCUT2D eigenvalue weighted by Gasteiger charge is 2.22. The molecule has 0 heterocycles. The van der Waals surface area contributed by atoms with E-state index >= 15 is 0 Å². The van der Waals surface area contributed by atoms with Gasteiger partial charge in [-0.25, -0.2) is 0 Å². The normalized spacial score (nSPS) is 16.8. The molecule has 1 aliphatic rings. The van der Waals surface area contributed by atoms with Crippen LogP contribution in [0.3, 0.4) is 0 Å². The maximum Gasteiger partial charge on any atom is 0.161 e. The van der Waals surface area contributed by atoms with Gasteiger partial charge in [0.05, 0.1) is 19.3 Å². The van der Waals surface area contributed by atoms with Gasteiger partial charge in [-0.2, -0.15) is 0 Å². The summed E-state index contributed by atoms with van der Waals surface area (Å²) < 4.78 is 11.1. The topological polar surface area (TPSA) is 38.7 Å². The maximum absolute atomic E-state index is 10.3. The van der Waals surface area contributed by atoms with Crippen molar-refractivity contribution in [2.75, 3.05) is 13.2 Å². The average molecular weight is 264 g/mol. The molecule has 3 nitrogen and oxygen atoms in total. The van der Waals surface area contributed by atoms with Gasteiger partial charge in [0.25, 0.3) is 0 Å². The van der Waals surface area contributed by atoms with Crippen molar-refractivity contribution in [1.82, 2.24) is 0 Å². The van der Waals surface area contributed by atoms with Gasteiger partial charge in [0.1, 0.15) is 0 Å². The van der Waals surface area contributed by atoms with E-state index in [1.54, 1.807) is 0 Å². The molecule has 1 unspecified atom stereocenters.